The number of nitrogens with two attached hydrogens (primary N) is 1. The Balaban J connectivity index is 1.77. The van der Waals surface area contributed by atoms with Crippen LogP contribution in [0.25, 0.3) is 11.2 Å². The van der Waals surface area contributed by atoms with Crippen LogP contribution < -0.4 is 16.4 Å². The van der Waals surface area contributed by atoms with Crippen molar-refractivity contribution in [1.29, 1.82) is 0 Å². The fourth-order valence-corrected chi connectivity index (χ4v) is 4.00. The van der Waals surface area contributed by atoms with Crippen molar-refractivity contribution in [2.45, 2.75) is 63.6 Å². The van der Waals surface area contributed by atoms with Crippen molar-refractivity contribution in [1.82, 2.24) is 19.5 Å². The van der Waals surface area contributed by atoms with Crippen LogP contribution in [0.1, 0.15) is 43.7 Å². The van der Waals surface area contributed by atoms with Crippen LogP contribution >= 0.6 is 0 Å². The van der Waals surface area contributed by atoms with E-state index < -0.39 is 29.2 Å². The molecule has 1 fully saturated rings. The van der Waals surface area contributed by atoms with Gasteiger partial charge < -0.3 is 20.9 Å². The van der Waals surface area contributed by atoms with Gasteiger partial charge in [-0.2, -0.15) is 36.3 Å². The van der Waals surface area contributed by atoms with Crippen molar-refractivity contribution in [3.8, 4) is 0 Å². The summed E-state index contributed by atoms with van der Waals surface area (Å²) in [5.41, 5.74) is 3.50. The van der Waals surface area contributed by atoms with Gasteiger partial charge in [-0.05, 0) is 38.0 Å². The average molecular weight is 487 g/mol. The van der Waals surface area contributed by atoms with Gasteiger partial charge in [0.25, 0.3) is 0 Å². The first-order chi connectivity index (χ1) is 16.0. The van der Waals surface area contributed by atoms with Gasteiger partial charge in [0, 0.05) is 24.3 Å². The van der Waals surface area contributed by atoms with Crippen LogP contribution in [-0.4, -0.2) is 31.6 Å². The minimum atomic E-state index is -4.97. The molecule has 13 heteroatoms. The number of nitrogens with zero attached hydrogens (tertiary/aromatic N) is 4. The van der Waals surface area contributed by atoms with Gasteiger partial charge in [0.2, 0.25) is 5.95 Å². The van der Waals surface area contributed by atoms with Crippen molar-refractivity contribution in [3.05, 3.63) is 35.7 Å². The highest BCUT2D eigenvalue weighted by Crippen LogP contribution is 2.38. The van der Waals surface area contributed by atoms with Gasteiger partial charge in [-0.15, -0.1) is 0 Å². The predicted molar refractivity (Wildman–Crippen MR) is 115 cm³/mol. The number of rotatable bonds is 5. The number of fused-ring (bicyclic) bond motifs is 1. The van der Waals surface area contributed by atoms with E-state index in [0.29, 0.717) is 24.3 Å². The van der Waals surface area contributed by atoms with Gasteiger partial charge in [0.05, 0.1) is 17.5 Å². The molecule has 2 atom stereocenters. The van der Waals surface area contributed by atoms with Gasteiger partial charge in [-0.3, -0.25) is 0 Å². The molecule has 1 aromatic carbocycles. The van der Waals surface area contributed by atoms with E-state index in [2.05, 4.69) is 25.6 Å². The Bertz CT molecular complexity index is 1140. The number of alkyl halides is 6. The molecule has 2 heterocycles. The van der Waals surface area contributed by atoms with Crippen LogP contribution in [0.3, 0.4) is 0 Å². The fraction of sp³-hybridized carbons (Fsp3) is 0.476. The summed E-state index contributed by atoms with van der Waals surface area (Å²) in [6, 6.07) is 1.04. The van der Waals surface area contributed by atoms with Gasteiger partial charge in [-0.25, -0.2) is 4.98 Å². The summed E-state index contributed by atoms with van der Waals surface area (Å²) in [5.74, 6) is 0.145. The Morgan fingerprint density at radius 2 is 1.65 bits per heavy atom. The van der Waals surface area contributed by atoms with E-state index in [1.54, 1.807) is 4.57 Å². The normalized spacial score (nSPS) is 19.4. The summed E-state index contributed by atoms with van der Waals surface area (Å²) in [6.07, 6.45) is -4.86. The number of anilines is 3. The number of aryl methyl sites for hydroxylation is 1. The predicted octanol–water partition coefficient (Wildman–Crippen LogP) is 5.31. The molecule has 0 spiro atoms. The van der Waals surface area contributed by atoms with Crippen LogP contribution in [0.2, 0.25) is 0 Å². The van der Waals surface area contributed by atoms with Gasteiger partial charge in [-0.1, -0.05) is 12.8 Å². The molecule has 0 saturated heterocycles. The lowest BCUT2D eigenvalue weighted by Gasteiger charge is -2.29. The van der Waals surface area contributed by atoms with E-state index >= 15 is 0 Å². The van der Waals surface area contributed by atoms with Gasteiger partial charge in [0.15, 0.2) is 17.0 Å². The standard InChI is InChI=1S/C21H23F6N7/c1-2-34-10-29-16-17(32-19(33-18(16)34)31-15-6-4-3-5-14(15)28)30-13-8-11(20(22,23)24)7-12(9-13)21(25,26)27/h7-10,14-15H,2-6,28H2,1H3,(H2,30,31,32,33)/t14-,15+/m0/s1. The molecular weight excluding hydrogens is 464 g/mol. The third-order valence-electron chi connectivity index (χ3n) is 5.79. The molecule has 1 aliphatic carbocycles. The largest absolute Gasteiger partial charge is 0.416 e. The zero-order valence-electron chi connectivity index (χ0n) is 18.1. The fourth-order valence-electron chi connectivity index (χ4n) is 4.00. The lowest BCUT2D eigenvalue weighted by atomic mass is 9.91. The maximum Gasteiger partial charge on any atom is 0.416 e. The SMILES string of the molecule is CCn1cnc2c(Nc3cc(C(F)(F)F)cc(C(F)(F)F)c3)nc(N[C@@H]3CCCC[C@@H]3N)nc21. The number of hydrogen-bond acceptors (Lipinski definition) is 6. The maximum absolute atomic E-state index is 13.3. The molecule has 0 bridgehead atoms. The number of imidazole rings is 1. The van der Waals surface area contributed by atoms with Crippen molar-refractivity contribution >= 4 is 28.6 Å². The van der Waals surface area contributed by atoms with Crippen molar-refractivity contribution in [2.24, 2.45) is 5.73 Å². The number of benzene rings is 1. The van der Waals surface area contributed by atoms with Crippen molar-refractivity contribution in [2.75, 3.05) is 10.6 Å². The maximum atomic E-state index is 13.3. The third-order valence-corrected chi connectivity index (χ3v) is 5.79. The molecular formula is C21H23F6N7. The van der Waals surface area contributed by atoms with E-state index in [0.717, 1.165) is 25.7 Å². The van der Waals surface area contributed by atoms with Crippen LogP contribution in [0.15, 0.2) is 24.5 Å². The lowest BCUT2D eigenvalue weighted by molar-refractivity contribution is -0.143. The van der Waals surface area contributed by atoms with Crippen LogP contribution in [0, 0.1) is 0 Å². The number of aromatic nitrogens is 4. The highest BCUT2D eigenvalue weighted by molar-refractivity contribution is 5.86. The van der Waals surface area contributed by atoms with Gasteiger partial charge in [0.1, 0.15) is 0 Å². The topological polar surface area (TPSA) is 93.7 Å². The lowest BCUT2D eigenvalue weighted by Crippen LogP contribution is -2.43. The summed E-state index contributed by atoms with van der Waals surface area (Å²) >= 11 is 0. The van der Waals surface area contributed by atoms with Crippen LogP contribution in [0.5, 0.6) is 0 Å². The third kappa shape index (κ3) is 5.03. The highest BCUT2D eigenvalue weighted by atomic mass is 19.4. The van der Waals surface area contributed by atoms with Crippen molar-refractivity contribution in [3.63, 3.8) is 0 Å². The summed E-state index contributed by atoms with van der Waals surface area (Å²) in [7, 11) is 0. The molecule has 0 amide bonds. The zero-order chi connectivity index (χ0) is 24.7. The molecule has 3 aromatic rings. The highest BCUT2D eigenvalue weighted by Gasteiger charge is 2.37. The minimum absolute atomic E-state index is 0.0171. The molecule has 4 N–H and O–H groups in total. The van der Waals surface area contributed by atoms with Gasteiger partial charge >= 0.3 is 12.4 Å². The van der Waals surface area contributed by atoms with E-state index in [4.69, 9.17) is 5.73 Å². The smallest absolute Gasteiger partial charge is 0.350 e. The Morgan fingerprint density at radius 1 is 1.00 bits per heavy atom. The molecule has 0 radical (unpaired) electrons. The molecule has 2 aromatic heterocycles. The molecule has 1 saturated carbocycles. The van der Waals surface area contributed by atoms with E-state index in [9.17, 15) is 26.3 Å². The Kier molecular flexibility index (Phi) is 6.32. The summed E-state index contributed by atoms with van der Waals surface area (Å²) < 4.78 is 81.4. The molecule has 184 valence electrons. The monoisotopic (exact) mass is 487 g/mol. The van der Waals surface area contributed by atoms with E-state index in [1.807, 2.05) is 6.92 Å². The summed E-state index contributed by atoms with van der Waals surface area (Å²) in [6.45, 7) is 2.35. The molecule has 34 heavy (non-hydrogen) atoms. The molecule has 0 aliphatic heterocycles. The Labute approximate surface area is 190 Å². The molecule has 4 rings (SSSR count). The van der Waals surface area contributed by atoms with Crippen molar-refractivity contribution < 1.29 is 26.3 Å². The molecule has 1 aliphatic rings. The van der Waals surface area contributed by atoms with E-state index in [1.165, 1.54) is 6.33 Å². The number of nitrogens with one attached hydrogen (secondary N) is 2. The quantitative estimate of drug-likeness (QED) is 0.423. The number of hydrogen-bond donors (Lipinski definition) is 3. The van der Waals surface area contributed by atoms with Crippen LogP contribution in [-0.2, 0) is 18.9 Å². The second kappa shape index (κ2) is 8.93. The first-order valence-corrected chi connectivity index (χ1v) is 10.8. The minimum Gasteiger partial charge on any atom is -0.350 e. The average Bonchev–Trinajstić information content (AvgIpc) is 3.17. The molecule has 0 unspecified atom stereocenters. The Hall–Kier alpha value is -3.09. The first-order valence-electron chi connectivity index (χ1n) is 10.8. The summed E-state index contributed by atoms with van der Waals surface area (Å²) in [5, 5.41) is 5.77. The van der Waals surface area contributed by atoms with Crippen LogP contribution in [0.4, 0.5) is 43.8 Å². The first kappa shape index (κ1) is 24.0. The zero-order valence-corrected chi connectivity index (χ0v) is 18.1. The second-order valence-corrected chi connectivity index (χ2v) is 8.22. The molecule has 7 nitrogen and oxygen atoms in total. The summed E-state index contributed by atoms with van der Waals surface area (Å²) in [4.78, 5) is 13.0. The van der Waals surface area contributed by atoms with E-state index in [-0.39, 0.29) is 35.4 Å². The second-order valence-electron chi connectivity index (χ2n) is 8.22. The Morgan fingerprint density at radius 3 is 2.24 bits per heavy atom. The number of halogens is 6.